The van der Waals surface area contributed by atoms with Crippen molar-refractivity contribution in [2.75, 3.05) is 0 Å². The molecule has 124 valence electrons. The zero-order chi connectivity index (χ0) is 16.4. The molecule has 0 saturated heterocycles. The third kappa shape index (κ3) is 3.32. The van der Waals surface area contributed by atoms with Gasteiger partial charge in [-0.05, 0) is 49.5 Å². The lowest BCUT2D eigenvalue weighted by Crippen LogP contribution is -2.48. The molecule has 2 aliphatic rings. The van der Waals surface area contributed by atoms with Gasteiger partial charge in [0.15, 0.2) is 0 Å². The molecule has 2 aliphatic carbocycles. The third-order valence-electron chi connectivity index (χ3n) is 5.66. The van der Waals surface area contributed by atoms with Crippen molar-refractivity contribution >= 4 is 12.2 Å². The van der Waals surface area contributed by atoms with E-state index in [9.17, 15) is 9.59 Å². The van der Waals surface area contributed by atoms with Crippen molar-refractivity contribution in [1.29, 1.82) is 0 Å². The Balaban J connectivity index is 1.69. The molecule has 23 heavy (non-hydrogen) atoms. The summed E-state index contributed by atoms with van der Waals surface area (Å²) in [5.74, 6) is 0.716. The second kappa shape index (κ2) is 6.44. The first-order valence-electron chi connectivity index (χ1n) is 8.47. The lowest BCUT2D eigenvalue weighted by atomic mass is 9.68. The van der Waals surface area contributed by atoms with Crippen LogP contribution in [-0.4, -0.2) is 23.3 Å². The van der Waals surface area contributed by atoms with Crippen LogP contribution < -0.4 is 0 Å². The third-order valence-corrected chi connectivity index (χ3v) is 5.66. The van der Waals surface area contributed by atoms with E-state index in [1.54, 1.807) is 6.92 Å². The van der Waals surface area contributed by atoms with Crippen molar-refractivity contribution < 1.29 is 14.4 Å². The quantitative estimate of drug-likeness (QED) is 0.597. The van der Waals surface area contributed by atoms with Gasteiger partial charge in [-0.15, -0.1) is 0 Å². The highest BCUT2D eigenvalue weighted by Gasteiger charge is 2.57. The standard InChI is InChI=1S/C19H25NO3/c1-14-10-18(19(8-9-19)11-17(14)15(2)22)20(13-21)23-12-16-6-4-3-5-7-16/h3-7,13-14,17-18H,8-12H2,1-2H3/t14?,17-,18?/m1/s1. The van der Waals surface area contributed by atoms with Crippen LogP contribution in [0.2, 0.25) is 0 Å². The highest BCUT2D eigenvalue weighted by Crippen LogP contribution is 2.60. The number of amides is 1. The molecule has 1 aromatic rings. The number of hydrogen-bond donors (Lipinski definition) is 0. The summed E-state index contributed by atoms with van der Waals surface area (Å²) in [5, 5.41) is 1.52. The molecular weight excluding hydrogens is 290 g/mol. The molecule has 0 aromatic heterocycles. The maximum absolute atomic E-state index is 11.9. The summed E-state index contributed by atoms with van der Waals surface area (Å²) in [7, 11) is 0. The summed E-state index contributed by atoms with van der Waals surface area (Å²) in [5.41, 5.74) is 1.15. The Morgan fingerprint density at radius 3 is 2.61 bits per heavy atom. The fraction of sp³-hybridized carbons (Fsp3) is 0.579. The van der Waals surface area contributed by atoms with E-state index in [1.165, 1.54) is 5.06 Å². The van der Waals surface area contributed by atoms with Gasteiger partial charge in [0.2, 0.25) is 6.41 Å². The van der Waals surface area contributed by atoms with Gasteiger partial charge < -0.3 is 0 Å². The van der Waals surface area contributed by atoms with E-state index in [0.717, 1.165) is 37.7 Å². The Bertz CT molecular complexity index is 567. The smallest absolute Gasteiger partial charge is 0.233 e. The molecule has 2 saturated carbocycles. The lowest BCUT2D eigenvalue weighted by molar-refractivity contribution is -0.209. The minimum Gasteiger partial charge on any atom is -0.300 e. The molecule has 1 spiro atoms. The van der Waals surface area contributed by atoms with Crippen molar-refractivity contribution in [3.05, 3.63) is 35.9 Å². The number of carbonyl (C=O) groups is 2. The van der Waals surface area contributed by atoms with E-state index in [1.807, 2.05) is 30.3 Å². The predicted molar refractivity (Wildman–Crippen MR) is 87.2 cm³/mol. The van der Waals surface area contributed by atoms with E-state index in [2.05, 4.69) is 6.92 Å². The van der Waals surface area contributed by atoms with Gasteiger partial charge in [0.05, 0.1) is 6.04 Å². The number of hydrogen-bond acceptors (Lipinski definition) is 3. The first-order chi connectivity index (χ1) is 11.1. The van der Waals surface area contributed by atoms with Crippen LogP contribution in [0.5, 0.6) is 0 Å². The summed E-state index contributed by atoms with van der Waals surface area (Å²) >= 11 is 0. The zero-order valence-corrected chi connectivity index (χ0v) is 13.9. The summed E-state index contributed by atoms with van der Waals surface area (Å²) in [4.78, 5) is 29.3. The highest BCUT2D eigenvalue weighted by molar-refractivity contribution is 5.79. The molecule has 4 heteroatoms. The van der Waals surface area contributed by atoms with Crippen molar-refractivity contribution in [2.24, 2.45) is 17.3 Å². The van der Waals surface area contributed by atoms with Crippen LogP contribution in [0.25, 0.3) is 0 Å². The summed E-state index contributed by atoms with van der Waals surface area (Å²) in [6, 6.07) is 9.97. The fourth-order valence-electron chi connectivity index (χ4n) is 4.07. The summed E-state index contributed by atoms with van der Waals surface area (Å²) < 4.78 is 0. The van der Waals surface area contributed by atoms with Crippen molar-refractivity contribution in [1.82, 2.24) is 5.06 Å². The molecule has 0 bridgehead atoms. The number of carbonyl (C=O) groups excluding carboxylic acids is 2. The lowest BCUT2D eigenvalue weighted by Gasteiger charge is -2.43. The molecule has 2 fully saturated rings. The van der Waals surface area contributed by atoms with Crippen LogP contribution in [0.4, 0.5) is 0 Å². The Kier molecular flexibility index (Phi) is 4.53. The fourth-order valence-corrected chi connectivity index (χ4v) is 4.07. The summed E-state index contributed by atoms with van der Waals surface area (Å²) in [6.07, 6.45) is 4.74. The maximum Gasteiger partial charge on any atom is 0.233 e. The monoisotopic (exact) mass is 315 g/mol. The van der Waals surface area contributed by atoms with Gasteiger partial charge in [-0.2, -0.15) is 0 Å². The van der Waals surface area contributed by atoms with Crippen molar-refractivity contribution in [3.63, 3.8) is 0 Å². The second-order valence-electron chi connectivity index (χ2n) is 7.24. The minimum atomic E-state index is 0.0920. The molecule has 3 atom stereocenters. The van der Waals surface area contributed by atoms with E-state index in [-0.39, 0.29) is 23.2 Å². The van der Waals surface area contributed by atoms with Gasteiger partial charge >= 0.3 is 0 Å². The van der Waals surface area contributed by atoms with Gasteiger partial charge in [-0.1, -0.05) is 37.3 Å². The first kappa shape index (κ1) is 16.2. The molecule has 0 heterocycles. The number of nitrogens with zero attached hydrogens (tertiary/aromatic N) is 1. The maximum atomic E-state index is 11.9. The average molecular weight is 315 g/mol. The second-order valence-corrected chi connectivity index (χ2v) is 7.24. The van der Waals surface area contributed by atoms with E-state index in [0.29, 0.717) is 12.5 Å². The van der Waals surface area contributed by atoms with Crippen molar-refractivity contribution in [2.45, 2.75) is 52.2 Å². The summed E-state index contributed by atoms with van der Waals surface area (Å²) in [6.45, 7) is 4.21. The molecular formula is C19H25NO3. The van der Waals surface area contributed by atoms with E-state index < -0.39 is 0 Å². The van der Waals surface area contributed by atoms with Crippen LogP contribution in [-0.2, 0) is 21.0 Å². The van der Waals surface area contributed by atoms with E-state index >= 15 is 0 Å². The largest absolute Gasteiger partial charge is 0.300 e. The molecule has 3 rings (SSSR count). The van der Waals surface area contributed by atoms with Crippen LogP contribution in [0.3, 0.4) is 0 Å². The van der Waals surface area contributed by atoms with Gasteiger partial charge in [-0.25, -0.2) is 5.06 Å². The SMILES string of the molecule is CC(=O)[C@@H]1CC2(CC2)C(N(C=O)OCc2ccccc2)CC1C. The number of rotatable bonds is 6. The van der Waals surface area contributed by atoms with Crippen LogP contribution >= 0.6 is 0 Å². The van der Waals surface area contributed by atoms with Crippen LogP contribution in [0, 0.1) is 17.3 Å². The number of benzene rings is 1. The number of Topliss-reactive ketones (excluding diaryl/α,β-unsaturated/α-hetero) is 1. The molecule has 0 aliphatic heterocycles. The number of ketones is 1. The van der Waals surface area contributed by atoms with Crippen LogP contribution in [0.1, 0.15) is 45.1 Å². The van der Waals surface area contributed by atoms with Gasteiger partial charge in [0.25, 0.3) is 0 Å². The Morgan fingerprint density at radius 1 is 1.35 bits per heavy atom. The van der Waals surface area contributed by atoms with Gasteiger partial charge in [0, 0.05) is 5.92 Å². The topological polar surface area (TPSA) is 46.6 Å². The zero-order valence-electron chi connectivity index (χ0n) is 13.9. The molecule has 0 N–H and O–H groups in total. The van der Waals surface area contributed by atoms with E-state index in [4.69, 9.17) is 4.84 Å². The molecule has 2 unspecified atom stereocenters. The van der Waals surface area contributed by atoms with Crippen LogP contribution in [0.15, 0.2) is 30.3 Å². The Morgan fingerprint density at radius 2 is 2.04 bits per heavy atom. The van der Waals surface area contributed by atoms with Gasteiger partial charge in [0.1, 0.15) is 12.4 Å². The predicted octanol–water partition coefficient (Wildman–Crippen LogP) is 3.36. The van der Waals surface area contributed by atoms with Crippen molar-refractivity contribution in [3.8, 4) is 0 Å². The first-order valence-corrected chi connectivity index (χ1v) is 8.47. The molecule has 4 nitrogen and oxygen atoms in total. The molecule has 1 amide bonds. The van der Waals surface area contributed by atoms with Gasteiger partial charge in [-0.3, -0.25) is 14.4 Å². The molecule has 1 aromatic carbocycles. The average Bonchev–Trinajstić information content (AvgIpc) is 3.32. The Labute approximate surface area is 137 Å². The normalized spacial score (nSPS) is 28.3. The molecule has 0 radical (unpaired) electrons. The Hall–Kier alpha value is -1.68. The minimum absolute atomic E-state index is 0.0920. The highest BCUT2D eigenvalue weighted by atomic mass is 16.7. The number of hydroxylamine groups is 2.